The Bertz CT molecular complexity index is 765. The van der Waals surface area contributed by atoms with Crippen LogP contribution in [0.25, 0.3) is 0 Å². The zero-order chi connectivity index (χ0) is 17.9. The molecular formula is C19H22N4O2S. The van der Waals surface area contributed by atoms with Crippen molar-refractivity contribution in [2.75, 3.05) is 19.6 Å². The van der Waals surface area contributed by atoms with Crippen molar-refractivity contribution in [1.82, 2.24) is 19.8 Å². The number of rotatable bonds is 4. The van der Waals surface area contributed by atoms with Gasteiger partial charge >= 0.3 is 0 Å². The van der Waals surface area contributed by atoms with Crippen LogP contribution < -0.4 is 0 Å². The Kier molecular flexibility index (Phi) is 4.97. The minimum atomic E-state index is -0.0569. The first kappa shape index (κ1) is 17.1. The Balaban J connectivity index is 1.41. The van der Waals surface area contributed by atoms with Crippen molar-refractivity contribution in [2.24, 2.45) is 5.92 Å². The summed E-state index contributed by atoms with van der Waals surface area (Å²) in [6.07, 6.45) is 7.84. The Morgan fingerprint density at radius 1 is 1.31 bits per heavy atom. The number of piperidine rings is 2. The number of amides is 2. The third-order valence-electron chi connectivity index (χ3n) is 5.39. The van der Waals surface area contributed by atoms with Crippen LogP contribution in [0.5, 0.6) is 0 Å². The summed E-state index contributed by atoms with van der Waals surface area (Å²) in [7, 11) is 0. The molecule has 6 nitrogen and oxygen atoms in total. The maximum absolute atomic E-state index is 12.6. The van der Waals surface area contributed by atoms with Crippen LogP contribution in [0.3, 0.4) is 0 Å². The van der Waals surface area contributed by atoms with Crippen molar-refractivity contribution in [2.45, 2.75) is 31.7 Å². The monoisotopic (exact) mass is 370 g/mol. The summed E-state index contributed by atoms with van der Waals surface area (Å²) in [5.74, 6) is 0.556. The molecule has 26 heavy (non-hydrogen) atoms. The molecule has 136 valence electrons. The summed E-state index contributed by atoms with van der Waals surface area (Å²) in [6, 6.07) is 4.43. The lowest BCUT2D eigenvalue weighted by molar-refractivity contribution is -0.140. The highest BCUT2D eigenvalue weighted by Crippen LogP contribution is 2.32. The number of carbonyl (C=O) groups excluding carboxylic acids is 2. The lowest BCUT2D eigenvalue weighted by atomic mass is 9.83. The maximum Gasteiger partial charge on any atom is 0.274 e. The molecular weight excluding hydrogens is 348 g/mol. The predicted octanol–water partition coefficient (Wildman–Crippen LogP) is 2.23. The predicted molar refractivity (Wildman–Crippen MR) is 98.8 cm³/mol. The van der Waals surface area contributed by atoms with E-state index in [1.807, 2.05) is 4.90 Å². The van der Waals surface area contributed by atoms with Gasteiger partial charge in [0.2, 0.25) is 5.91 Å². The van der Waals surface area contributed by atoms with Crippen LogP contribution in [0.15, 0.2) is 36.1 Å². The number of carbonyl (C=O) groups is 2. The standard InChI is InChI=1S/C19H22N4O2S/c24-18-4-3-14-13-22(19(25)16-12-20-7-8-21-16)9-6-17(14)23(18)10-5-15-2-1-11-26-15/h1-2,7-8,11-12,14,17H,3-6,9-10,13H2/t14-,17+/m0/s1. The van der Waals surface area contributed by atoms with Crippen LogP contribution in [-0.2, 0) is 11.2 Å². The molecule has 0 spiro atoms. The van der Waals surface area contributed by atoms with Gasteiger partial charge < -0.3 is 9.80 Å². The van der Waals surface area contributed by atoms with Crippen molar-refractivity contribution in [3.8, 4) is 0 Å². The summed E-state index contributed by atoms with van der Waals surface area (Å²) in [5.41, 5.74) is 0.396. The second-order valence-corrected chi connectivity index (χ2v) is 7.95. The largest absolute Gasteiger partial charge is 0.339 e. The van der Waals surface area contributed by atoms with E-state index in [0.29, 0.717) is 31.1 Å². The van der Waals surface area contributed by atoms with Crippen LogP contribution in [0.2, 0.25) is 0 Å². The third kappa shape index (κ3) is 3.49. The first-order valence-electron chi connectivity index (χ1n) is 9.09. The van der Waals surface area contributed by atoms with E-state index in [2.05, 4.69) is 32.4 Å². The highest BCUT2D eigenvalue weighted by atomic mass is 32.1. The van der Waals surface area contributed by atoms with Crippen LogP contribution >= 0.6 is 11.3 Å². The SMILES string of the molecule is O=C(c1cnccn1)N1CC[C@@H]2[C@@H](CCC(=O)N2CCc2cccs2)C1. The molecule has 4 rings (SSSR count). The highest BCUT2D eigenvalue weighted by Gasteiger charge is 2.40. The smallest absolute Gasteiger partial charge is 0.274 e. The average molecular weight is 370 g/mol. The Labute approximate surface area is 156 Å². The summed E-state index contributed by atoms with van der Waals surface area (Å²) in [6.45, 7) is 2.14. The minimum absolute atomic E-state index is 0.0569. The quantitative estimate of drug-likeness (QED) is 0.828. The molecule has 2 fully saturated rings. The van der Waals surface area contributed by atoms with Crippen molar-refractivity contribution in [1.29, 1.82) is 0 Å². The van der Waals surface area contributed by atoms with Crippen LogP contribution in [0.4, 0.5) is 0 Å². The fourth-order valence-corrected chi connectivity index (χ4v) is 4.78. The van der Waals surface area contributed by atoms with E-state index < -0.39 is 0 Å². The fraction of sp³-hybridized carbons (Fsp3) is 0.474. The summed E-state index contributed by atoms with van der Waals surface area (Å²) >= 11 is 1.74. The number of hydrogen-bond donors (Lipinski definition) is 0. The number of aromatic nitrogens is 2. The molecule has 2 aliphatic heterocycles. The Morgan fingerprint density at radius 3 is 3.00 bits per heavy atom. The van der Waals surface area contributed by atoms with Gasteiger partial charge in [-0.2, -0.15) is 0 Å². The van der Waals surface area contributed by atoms with Crippen molar-refractivity contribution < 1.29 is 9.59 Å². The zero-order valence-corrected chi connectivity index (χ0v) is 15.4. The van der Waals surface area contributed by atoms with E-state index in [-0.39, 0.29) is 17.9 Å². The molecule has 2 aliphatic rings. The first-order valence-corrected chi connectivity index (χ1v) is 9.97. The van der Waals surface area contributed by atoms with E-state index in [1.54, 1.807) is 23.7 Å². The van der Waals surface area contributed by atoms with Crippen LogP contribution in [0.1, 0.15) is 34.6 Å². The number of nitrogens with zero attached hydrogens (tertiary/aromatic N) is 4. The average Bonchev–Trinajstić information content (AvgIpc) is 3.20. The Morgan fingerprint density at radius 2 is 2.23 bits per heavy atom. The molecule has 0 unspecified atom stereocenters. The number of hydrogen-bond acceptors (Lipinski definition) is 5. The number of thiophene rings is 1. The normalized spacial score (nSPS) is 23.0. The third-order valence-corrected chi connectivity index (χ3v) is 6.33. The summed E-state index contributed by atoms with van der Waals surface area (Å²) in [4.78, 5) is 38.5. The van der Waals surface area contributed by atoms with Crippen LogP contribution in [0, 0.1) is 5.92 Å². The van der Waals surface area contributed by atoms with Gasteiger partial charge in [-0.05, 0) is 36.6 Å². The van der Waals surface area contributed by atoms with E-state index in [0.717, 1.165) is 25.8 Å². The number of likely N-dealkylation sites (tertiary alicyclic amines) is 2. The molecule has 4 heterocycles. The summed E-state index contributed by atoms with van der Waals surface area (Å²) < 4.78 is 0. The molecule has 0 N–H and O–H groups in total. The maximum atomic E-state index is 12.6. The highest BCUT2D eigenvalue weighted by molar-refractivity contribution is 7.09. The second-order valence-electron chi connectivity index (χ2n) is 6.91. The Hall–Kier alpha value is -2.28. The lowest BCUT2D eigenvalue weighted by Gasteiger charge is -2.47. The van der Waals surface area contributed by atoms with E-state index in [4.69, 9.17) is 0 Å². The molecule has 0 aromatic carbocycles. The second kappa shape index (κ2) is 7.53. The van der Waals surface area contributed by atoms with E-state index in [9.17, 15) is 9.59 Å². The van der Waals surface area contributed by atoms with Crippen LogP contribution in [-0.4, -0.2) is 57.3 Å². The van der Waals surface area contributed by atoms with Gasteiger partial charge in [-0.15, -0.1) is 11.3 Å². The van der Waals surface area contributed by atoms with E-state index >= 15 is 0 Å². The van der Waals surface area contributed by atoms with Gasteiger partial charge in [-0.1, -0.05) is 6.07 Å². The fourth-order valence-electron chi connectivity index (χ4n) is 4.08. The lowest BCUT2D eigenvalue weighted by Crippen LogP contribution is -2.57. The van der Waals surface area contributed by atoms with E-state index in [1.165, 1.54) is 11.1 Å². The molecule has 2 atom stereocenters. The molecule has 2 aromatic heterocycles. The molecule has 0 radical (unpaired) electrons. The van der Waals surface area contributed by atoms with Gasteiger partial charge in [-0.3, -0.25) is 14.6 Å². The minimum Gasteiger partial charge on any atom is -0.339 e. The molecule has 7 heteroatoms. The topological polar surface area (TPSA) is 66.4 Å². The number of fused-ring (bicyclic) bond motifs is 1. The van der Waals surface area contributed by atoms with Crippen molar-refractivity contribution >= 4 is 23.2 Å². The van der Waals surface area contributed by atoms with Gasteiger partial charge in [0.25, 0.3) is 5.91 Å². The molecule has 0 bridgehead atoms. The zero-order valence-electron chi connectivity index (χ0n) is 14.6. The van der Waals surface area contributed by atoms with Gasteiger partial charge in [0.1, 0.15) is 5.69 Å². The van der Waals surface area contributed by atoms with Crippen molar-refractivity contribution in [3.63, 3.8) is 0 Å². The van der Waals surface area contributed by atoms with Gasteiger partial charge in [0, 0.05) is 49.4 Å². The first-order chi connectivity index (χ1) is 12.7. The molecule has 2 aromatic rings. The van der Waals surface area contributed by atoms with Crippen molar-refractivity contribution in [3.05, 3.63) is 46.7 Å². The molecule has 0 aliphatic carbocycles. The summed E-state index contributed by atoms with van der Waals surface area (Å²) in [5, 5.41) is 2.08. The van der Waals surface area contributed by atoms with Gasteiger partial charge in [0.05, 0.1) is 6.20 Å². The molecule has 2 amide bonds. The van der Waals surface area contributed by atoms with Gasteiger partial charge in [0.15, 0.2) is 0 Å². The molecule has 0 saturated carbocycles. The molecule has 2 saturated heterocycles. The van der Waals surface area contributed by atoms with Gasteiger partial charge in [-0.25, -0.2) is 4.98 Å².